The molecule has 2 amide bonds. The summed E-state index contributed by atoms with van der Waals surface area (Å²) in [5.41, 5.74) is 1.41. The molecule has 1 N–H and O–H groups in total. The summed E-state index contributed by atoms with van der Waals surface area (Å²) in [6.45, 7) is 5.14. The van der Waals surface area contributed by atoms with Crippen LogP contribution in [0, 0.1) is 19.8 Å². The second-order valence-electron chi connectivity index (χ2n) is 6.46. The Labute approximate surface area is 147 Å². The number of furan rings is 1. The quantitative estimate of drug-likeness (QED) is 0.927. The molecule has 1 aliphatic rings. The third-order valence-electron chi connectivity index (χ3n) is 4.52. The second-order valence-corrected chi connectivity index (χ2v) is 6.46. The number of carbonyl (C=O) groups is 2. The molecule has 1 fully saturated rings. The zero-order chi connectivity index (χ0) is 17.8. The highest BCUT2D eigenvalue weighted by atomic mass is 16.3. The molecule has 25 heavy (non-hydrogen) atoms. The van der Waals surface area contributed by atoms with Gasteiger partial charge in [-0.15, -0.1) is 0 Å². The molecule has 1 unspecified atom stereocenters. The van der Waals surface area contributed by atoms with E-state index in [0.717, 1.165) is 24.3 Å². The van der Waals surface area contributed by atoms with Gasteiger partial charge in [0.05, 0.1) is 23.7 Å². The summed E-state index contributed by atoms with van der Waals surface area (Å²) in [4.78, 5) is 31.1. The van der Waals surface area contributed by atoms with E-state index in [1.165, 1.54) is 0 Å². The largest absolute Gasteiger partial charge is 0.466 e. The minimum Gasteiger partial charge on any atom is -0.466 e. The Kier molecular flexibility index (Phi) is 5.16. The molecule has 1 atom stereocenters. The average Bonchev–Trinajstić information content (AvgIpc) is 2.98. The smallest absolute Gasteiger partial charge is 0.257 e. The molecule has 0 aliphatic carbocycles. The Morgan fingerprint density at radius 3 is 2.88 bits per heavy atom. The molecule has 3 rings (SSSR count). The first-order valence-corrected chi connectivity index (χ1v) is 8.58. The van der Waals surface area contributed by atoms with E-state index in [4.69, 9.17) is 4.42 Å². The molecule has 2 aromatic rings. The molecule has 6 heteroatoms. The van der Waals surface area contributed by atoms with Crippen LogP contribution in [0.3, 0.4) is 0 Å². The Bertz CT molecular complexity index is 755. The van der Waals surface area contributed by atoms with Gasteiger partial charge in [0.1, 0.15) is 11.5 Å². The normalized spacial score (nSPS) is 17.4. The lowest BCUT2D eigenvalue weighted by Gasteiger charge is -2.32. The Morgan fingerprint density at radius 1 is 1.36 bits per heavy atom. The SMILES string of the molecule is Cc1cc(C(=O)N2CCCC(C(=O)NCc3ccccn3)C2)c(C)o1. The van der Waals surface area contributed by atoms with Gasteiger partial charge in [-0.1, -0.05) is 6.07 Å². The Hall–Kier alpha value is -2.63. The summed E-state index contributed by atoms with van der Waals surface area (Å²) in [6.07, 6.45) is 3.32. The average molecular weight is 341 g/mol. The standard InChI is InChI=1S/C19H23N3O3/c1-13-10-17(14(2)25-13)19(24)22-9-5-6-15(12-22)18(23)21-11-16-7-3-4-8-20-16/h3-4,7-8,10,15H,5-6,9,11-12H2,1-2H3,(H,21,23). The molecular formula is C19H23N3O3. The summed E-state index contributed by atoms with van der Waals surface area (Å²) < 4.78 is 5.45. The number of likely N-dealkylation sites (tertiary alicyclic amines) is 1. The first-order valence-electron chi connectivity index (χ1n) is 8.58. The number of hydrogen-bond acceptors (Lipinski definition) is 4. The van der Waals surface area contributed by atoms with E-state index in [-0.39, 0.29) is 17.7 Å². The molecule has 2 aromatic heterocycles. The van der Waals surface area contributed by atoms with E-state index in [1.54, 1.807) is 24.1 Å². The van der Waals surface area contributed by atoms with Gasteiger partial charge in [-0.2, -0.15) is 0 Å². The van der Waals surface area contributed by atoms with Crippen LogP contribution >= 0.6 is 0 Å². The van der Waals surface area contributed by atoms with Gasteiger partial charge in [0.25, 0.3) is 5.91 Å². The van der Waals surface area contributed by atoms with Gasteiger partial charge in [-0.3, -0.25) is 14.6 Å². The first-order chi connectivity index (χ1) is 12.0. The van der Waals surface area contributed by atoms with Gasteiger partial charge in [-0.05, 0) is 44.9 Å². The van der Waals surface area contributed by atoms with Crippen molar-refractivity contribution in [1.29, 1.82) is 0 Å². The van der Waals surface area contributed by atoms with Crippen molar-refractivity contribution in [3.8, 4) is 0 Å². The predicted octanol–water partition coefficient (Wildman–Crippen LogP) is 2.46. The molecule has 3 heterocycles. The summed E-state index contributed by atoms with van der Waals surface area (Å²) in [5.74, 6) is 1.08. The minimum absolute atomic E-state index is 0.0248. The van der Waals surface area contributed by atoms with Gasteiger partial charge < -0.3 is 14.6 Å². The van der Waals surface area contributed by atoms with Crippen LogP contribution in [0.1, 0.15) is 40.4 Å². The fourth-order valence-electron chi connectivity index (χ4n) is 3.21. The van der Waals surface area contributed by atoms with E-state index < -0.39 is 0 Å². The molecule has 0 aromatic carbocycles. The van der Waals surface area contributed by atoms with Gasteiger partial charge in [0.2, 0.25) is 5.91 Å². The fraction of sp³-hybridized carbons (Fsp3) is 0.421. The number of nitrogens with zero attached hydrogens (tertiary/aromatic N) is 2. The Morgan fingerprint density at radius 2 is 2.20 bits per heavy atom. The van der Waals surface area contributed by atoms with Crippen LogP contribution in [0.5, 0.6) is 0 Å². The van der Waals surface area contributed by atoms with E-state index >= 15 is 0 Å². The van der Waals surface area contributed by atoms with Crippen LogP contribution in [-0.4, -0.2) is 34.8 Å². The number of amides is 2. The van der Waals surface area contributed by atoms with Crippen LogP contribution < -0.4 is 5.32 Å². The zero-order valence-corrected chi connectivity index (χ0v) is 14.6. The fourth-order valence-corrected chi connectivity index (χ4v) is 3.21. The highest BCUT2D eigenvalue weighted by Gasteiger charge is 2.30. The number of nitrogens with one attached hydrogen (secondary N) is 1. The molecular weight excluding hydrogens is 318 g/mol. The lowest BCUT2D eigenvalue weighted by Crippen LogP contribution is -2.45. The maximum Gasteiger partial charge on any atom is 0.257 e. The van der Waals surface area contributed by atoms with Crippen LogP contribution in [-0.2, 0) is 11.3 Å². The Balaban J connectivity index is 1.59. The van der Waals surface area contributed by atoms with Gasteiger partial charge >= 0.3 is 0 Å². The van der Waals surface area contributed by atoms with E-state index in [0.29, 0.717) is 31.0 Å². The van der Waals surface area contributed by atoms with Crippen molar-refractivity contribution < 1.29 is 14.0 Å². The maximum atomic E-state index is 12.7. The topological polar surface area (TPSA) is 75.4 Å². The van der Waals surface area contributed by atoms with Crippen molar-refractivity contribution in [2.75, 3.05) is 13.1 Å². The van der Waals surface area contributed by atoms with Crippen LogP contribution in [0.4, 0.5) is 0 Å². The third kappa shape index (κ3) is 4.07. The minimum atomic E-state index is -0.185. The van der Waals surface area contributed by atoms with E-state index in [2.05, 4.69) is 10.3 Å². The molecule has 0 spiro atoms. The van der Waals surface area contributed by atoms with Crippen molar-refractivity contribution in [1.82, 2.24) is 15.2 Å². The van der Waals surface area contributed by atoms with Crippen molar-refractivity contribution in [2.24, 2.45) is 5.92 Å². The molecule has 1 saturated heterocycles. The molecule has 0 bridgehead atoms. The number of pyridine rings is 1. The van der Waals surface area contributed by atoms with Crippen LogP contribution in [0.25, 0.3) is 0 Å². The number of aryl methyl sites for hydroxylation is 2. The third-order valence-corrected chi connectivity index (χ3v) is 4.52. The predicted molar refractivity (Wildman–Crippen MR) is 92.9 cm³/mol. The van der Waals surface area contributed by atoms with E-state index in [9.17, 15) is 9.59 Å². The maximum absolute atomic E-state index is 12.7. The van der Waals surface area contributed by atoms with E-state index in [1.807, 2.05) is 25.1 Å². The van der Waals surface area contributed by atoms with Crippen LogP contribution in [0.2, 0.25) is 0 Å². The molecule has 0 radical (unpaired) electrons. The number of piperidine rings is 1. The molecule has 0 saturated carbocycles. The second kappa shape index (κ2) is 7.51. The number of aromatic nitrogens is 1. The van der Waals surface area contributed by atoms with Crippen molar-refractivity contribution in [2.45, 2.75) is 33.2 Å². The van der Waals surface area contributed by atoms with Crippen molar-refractivity contribution in [3.05, 3.63) is 53.2 Å². The van der Waals surface area contributed by atoms with Crippen molar-refractivity contribution in [3.63, 3.8) is 0 Å². The lowest BCUT2D eigenvalue weighted by atomic mass is 9.96. The first kappa shape index (κ1) is 17.2. The van der Waals surface area contributed by atoms with Gasteiger partial charge in [0.15, 0.2) is 0 Å². The summed E-state index contributed by atoms with van der Waals surface area (Å²) in [6, 6.07) is 7.38. The summed E-state index contributed by atoms with van der Waals surface area (Å²) in [7, 11) is 0. The van der Waals surface area contributed by atoms with Crippen molar-refractivity contribution >= 4 is 11.8 Å². The van der Waals surface area contributed by atoms with Gasteiger partial charge in [-0.25, -0.2) is 0 Å². The number of carbonyl (C=O) groups excluding carboxylic acids is 2. The highest BCUT2D eigenvalue weighted by molar-refractivity contribution is 5.95. The molecule has 1 aliphatic heterocycles. The molecule has 6 nitrogen and oxygen atoms in total. The molecule has 132 valence electrons. The number of rotatable bonds is 4. The van der Waals surface area contributed by atoms with Gasteiger partial charge in [0, 0.05) is 19.3 Å². The lowest BCUT2D eigenvalue weighted by molar-refractivity contribution is -0.126. The van der Waals surface area contributed by atoms with Crippen LogP contribution in [0.15, 0.2) is 34.9 Å². The summed E-state index contributed by atoms with van der Waals surface area (Å²) >= 11 is 0. The monoisotopic (exact) mass is 341 g/mol. The number of hydrogen-bond donors (Lipinski definition) is 1. The zero-order valence-electron chi connectivity index (χ0n) is 14.6. The highest BCUT2D eigenvalue weighted by Crippen LogP contribution is 2.22. The summed E-state index contributed by atoms with van der Waals surface area (Å²) in [5, 5.41) is 2.93.